The van der Waals surface area contributed by atoms with Crippen molar-refractivity contribution >= 4 is 11.6 Å². The van der Waals surface area contributed by atoms with Crippen molar-refractivity contribution in [1.82, 2.24) is 10.2 Å². The van der Waals surface area contributed by atoms with Gasteiger partial charge in [-0.15, -0.1) is 0 Å². The first kappa shape index (κ1) is 14.4. The normalized spacial score (nSPS) is 29.3. The van der Waals surface area contributed by atoms with Crippen LogP contribution in [-0.4, -0.2) is 42.5 Å². The predicted molar refractivity (Wildman–Crippen MR) is 85.4 cm³/mol. The van der Waals surface area contributed by atoms with Gasteiger partial charge in [0.05, 0.1) is 0 Å². The Bertz CT molecular complexity index is 517. The number of carbonyl (C=O) groups excluding carboxylic acids is 1. The molecule has 4 heteroatoms. The number of rotatable bonds is 2. The molecule has 21 heavy (non-hydrogen) atoms. The number of amides is 1. The maximum Gasteiger partial charge on any atom is 0.242 e. The van der Waals surface area contributed by atoms with E-state index in [1.807, 2.05) is 6.07 Å². The number of hydrogen-bond acceptors (Lipinski definition) is 3. The highest BCUT2D eigenvalue weighted by Gasteiger charge is 2.28. The summed E-state index contributed by atoms with van der Waals surface area (Å²) in [6.07, 6.45) is 3.96. The topological polar surface area (TPSA) is 44.4 Å². The molecule has 1 fully saturated rings. The zero-order valence-electron chi connectivity index (χ0n) is 12.9. The van der Waals surface area contributed by atoms with Crippen LogP contribution in [0.25, 0.3) is 0 Å². The first-order valence-electron chi connectivity index (χ1n) is 7.98. The van der Waals surface area contributed by atoms with Crippen LogP contribution < -0.4 is 10.6 Å². The van der Waals surface area contributed by atoms with Crippen molar-refractivity contribution in [3.63, 3.8) is 0 Å². The summed E-state index contributed by atoms with van der Waals surface area (Å²) in [7, 11) is 2.16. The molecule has 0 aliphatic carbocycles. The van der Waals surface area contributed by atoms with Gasteiger partial charge in [-0.05, 0) is 51.3 Å². The van der Waals surface area contributed by atoms with Crippen molar-refractivity contribution < 1.29 is 4.79 Å². The molecule has 2 N–H and O–H groups in total. The first-order valence-corrected chi connectivity index (χ1v) is 7.98. The smallest absolute Gasteiger partial charge is 0.242 e. The quantitative estimate of drug-likeness (QED) is 0.874. The number of nitrogens with zero attached hydrogens (tertiary/aromatic N) is 1. The molecule has 1 amide bonds. The molecule has 1 saturated heterocycles. The van der Waals surface area contributed by atoms with Gasteiger partial charge in [-0.3, -0.25) is 4.79 Å². The molecule has 3 rings (SSSR count). The van der Waals surface area contributed by atoms with Gasteiger partial charge in [0.25, 0.3) is 0 Å². The van der Waals surface area contributed by atoms with E-state index < -0.39 is 0 Å². The van der Waals surface area contributed by atoms with E-state index in [-0.39, 0.29) is 11.9 Å². The third kappa shape index (κ3) is 3.21. The number of benzene rings is 1. The second kappa shape index (κ2) is 6.06. The molecule has 3 unspecified atom stereocenters. The SMILES string of the molecule is CC1CC(NC(=O)C2CCc3ccccc3N2)CCN1C. The molecule has 0 aromatic heterocycles. The molecule has 2 heterocycles. The molecular weight excluding hydrogens is 262 g/mol. The summed E-state index contributed by atoms with van der Waals surface area (Å²) < 4.78 is 0. The molecule has 0 bridgehead atoms. The second-order valence-corrected chi connectivity index (χ2v) is 6.45. The second-order valence-electron chi connectivity index (χ2n) is 6.45. The Morgan fingerprint density at radius 2 is 2.14 bits per heavy atom. The molecule has 4 nitrogen and oxygen atoms in total. The van der Waals surface area contributed by atoms with Gasteiger partial charge >= 0.3 is 0 Å². The number of nitrogens with one attached hydrogen (secondary N) is 2. The van der Waals surface area contributed by atoms with Crippen molar-refractivity contribution in [2.24, 2.45) is 0 Å². The van der Waals surface area contributed by atoms with Crippen molar-refractivity contribution in [3.8, 4) is 0 Å². The average Bonchev–Trinajstić information content (AvgIpc) is 2.50. The van der Waals surface area contributed by atoms with E-state index in [1.165, 1.54) is 5.56 Å². The maximum absolute atomic E-state index is 12.5. The predicted octanol–water partition coefficient (Wildman–Crippen LogP) is 2.01. The highest BCUT2D eigenvalue weighted by molar-refractivity contribution is 5.85. The average molecular weight is 287 g/mol. The number of hydrogen-bond donors (Lipinski definition) is 2. The molecule has 0 spiro atoms. The fourth-order valence-electron chi connectivity index (χ4n) is 3.36. The van der Waals surface area contributed by atoms with Gasteiger partial charge in [0.15, 0.2) is 0 Å². The molecule has 114 valence electrons. The Balaban J connectivity index is 1.57. The lowest BCUT2D eigenvalue weighted by atomic mass is 9.95. The van der Waals surface area contributed by atoms with Gasteiger partial charge < -0.3 is 15.5 Å². The fourth-order valence-corrected chi connectivity index (χ4v) is 3.36. The number of para-hydroxylation sites is 1. The lowest BCUT2D eigenvalue weighted by Gasteiger charge is -2.36. The zero-order chi connectivity index (χ0) is 14.8. The monoisotopic (exact) mass is 287 g/mol. The molecule has 2 aliphatic rings. The molecular formula is C17H25N3O. The van der Waals surface area contributed by atoms with Crippen molar-refractivity contribution in [3.05, 3.63) is 29.8 Å². The number of anilines is 1. The third-order valence-electron chi connectivity index (χ3n) is 4.92. The van der Waals surface area contributed by atoms with Crippen LogP contribution in [0.4, 0.5) is 5.69 Å². The van der Waals surface area contributed by atoms with Crippen LogP contribution in [0, 0.1) is 0 Å². The molecule has 2 aliphatic heterocycles. The highest BCUT2D eigenvalue weighted by Crippen LogP contribution is 2.24. The van der Waals surface area contributed by atoms with E-state index in [1.54, 1.807) is 0 Å². The zero-order valence-corrected chi connectivity index (χ0v) is 12.9. The Kier molecular flexibility index (Phi) is 4.15. The number of fused-ring (bicyclic) bond motifs is 1. The minimum Gasteiger partial charge on any atom is -0.373 e. The van der Waals surface area contributed by atoms with Gasteiger partial charge in [0, 0.05) is 24.3 Å². The Labute approximate surface area is 126 Å². The van der Waals surface area contributed by atoms with Crippen molar-refractivity contribution in [2.45, 2.75) is 50.7 Å². The largest absolute Gasteiger partial charge is 0.373 e. The fraction of sp³-hybridized carbons (Fsp3) is 0.588. The molecule has 3 atom stereocenters. The van der Waals surface area contributed by atoms with Crippen LogP contribution in [0.1, 0.15) is 31.7 Å². The summed E-state index contributed by atoms with van der Waals surface area (Å²) >= 11 is 0. The third-order valence-corrected chi connectivity index (χ3v) is 4.92. The van der Waals surface area contributed by atoms with Gasteiger partial charge in [-0.2, -0.15) is 0 Å². The first-order chi connectivity index (χ1) is 10.1. The van der Waals surface area contributed by atoms with E-state index in [0.717, 1.165) is 37.9 Å². The molecule has 0 radical (unpaired) electrons. The minimum atomic E-state index is -0.0881. The summed E-state index contributed by atoms with van der Waals surface area (Å²) in [5.74, 6) is 0.159. The highest BCUT2D eigenvalue weighted by atomic mass is 16.2. The standard InChI is InChI=1S/C17H25N3O/c1-12-11-14(9-10-20(12)2)18-17(21)16-8-7-13-5-3-4-6-15(13)19-16/h3-6,12,14,16,19H,7-11H2,1-2H3,(H,18,21). The summed E-state index contributed by atoms with van der Waals surface area (Å²) in [6.45, 7) is 3.29. The lowest BCUT2D eigenvalue weighted by molar-refractivity contribution is -0.123. The van der Waals surface area contributed by atoms with E-state index in [9.17, 15) is 4.79 Å². The van der Waals surface area contributed by atoms with Crippen LogP contribution >= 0.6 is 0 Å². The summed E-state index contributed by atoms with van der Waals surface area (Å²) in [4.78, 5) is 14.8. The van der Waals surface area contributed by atoms with Crippen LogP contribution in [0.3, 0.4) is 0 Å². The van der Waals surface area contributed by atoms with Crippen molar-refractivity contribution in [1.29, 1.82) is 0 Å². The van der Waals surface area contributed by atoms with Crippen LogP contribution in [0.2, 0.25) is 0 Å². The van der Waals surface area contributed by atoms with Crippen LogP contribution in [0.5, 0.6) is 0 Å². The van der Waals surface area contributed by atoms with Gasteiger partial charge in [0.2, 0.25) is 5.91 Å². The lowest BCUT2D eigenvalue weighted by Crippen LogP contribution is -2.51. The Morgan fingerprint density at radius 1 is 1.33 bits per heavy atom. The van der Waals surface area contributed by atoms with E-state index in [2.05, 4.69) is 47.7 Å². The molecule has 1 aromatic carbocycles. The van der Waals surface area contributed by atoms with Crippen LogP contribution in [-0.2, 0) is 11.2 Å². The summed E-state index contributed by atoms with van der Waals surface area (Å²) in [5, 5.41) is 6.63. The van der Waals surface area contributed by atoms with E-state index >= 15 is 0 Å². The minimum absolute atomic E-state index is 0.0881. The Morgan fingerprint density at radius 3 is 2.95 bits per heavy atom. The van der Waals surface area contributed by atoms with Gasteiger partial charge in [-0.1, -0.05) is 18.2 Å². The summed E-state index contributed by atoms with van der Waals surface area (Å²) in [5.41, 5.74) is 2.43. The van der Waals surface area contributed by atoms with E-state index in [4.69, 9.17) is 0 Å². The number of carbonyl (C=O) groups is 1. The van der Waals surface area contributed by atoms with Crippen LogP contribution in [0.15, 0.2) is 24.3 Å². The maximum atomic E-state index is 12.5. The molecule has 1 aromatic rings. The molecule has 0 saturated carbocycles. The Hall–Kier alpha value is -1.55. The number of likely N-dealkylation sites (tertiary alicyclic amines) is 1. The van der Waals surface area contributed by atoms with Gasteiger partial charge in [-0.25, -0.2) is 0 Å². The summed E-state index contributed by atoms with van der Waals surface area (Å²) in [6, 6.07) is 9.05. The number of piperidine rings is 1. The van der Waals surface area contributed by atoms with Gasteiger partial charge in [0.1, 0.15) is 6.04 Å². The van der Waals surface area contributed by atoms with E-state index in [0.29, 0.717) is 12.1 Å². The number of aryl methyl sites for hydroxylation is 1. The van der Waals surface area contributed by atoms with Crippen molar-refractivity contribution in [2.75, 3.05) is 18.9 Å².